The van der Waals surface area contributed by atoms with Crippen molar-refractivity contribution >= 4 is 26.8 Å². The molecule has 1 aromatic carbocycles. The van der Waals surface area contributed by atoms with Crippen LogP contribution < -0.4 is 0 Å². The summed E-state index contributed by atoms with van der Waals surface area (Å²) in [6.07, 6.45) is 1.42. The standard InChI is InChI=1S/C10H10BrNO/c11-5-10(13)8-6-12-9-4-2-1-3-7(8)9/h1-4,6,10,12-13H,5H2. The van der Waals surface area contributed by atoms with E-state index in [-0.39, 0.29) is 0 Å². The monoisotopic (exact) mass is 239 g/mol. The number of halogens is 1. The van der Waals surface area contributed by atoms with Gasteiger partial charge in [-0.25, -0.2) is 0 Å². The summed E-state index contributed by atoms with van der Waals surface area (Å²) < 4.78 is 0. The number of fused-ring (bicyclic) bond motifs is 1. The van der Waals surface area contributed by atoms with Crippen molar-refractivity contribution in [3.63, 3.8) is 0 Å². The van der Waals surface area contributed by atoms with Gasteiger partial charge in [0, 0.05) is 28.0 Å². The molecule has 1 aromatic heterocycles. The van der Waals surface area contributed by atoms with Gasteiger partial charge in [-0.1, -0.05) is 34.1 Å². The number of aliphatic hydroxyl groups is 1. The second-order valence-electron chi connectivity index (χ2n) is 2.96. The molecule has 1 unspecified atom stereocenters. The minimum absolute atomic E-state index is 0.434. The second-order valence-corrected chi connectivity index (χ2v) is 3.61. The van der Waals surface area contributed by atoms with E-state index in [1.165, 1.54) is 0 Å². The highest BCUT2D eigenvalue weighted by Gasteiger charge is 2.10. The van der Waals surface area contributed by atoms with E-state index in [1.807, 2.05) is 30.5 Å². The lowest BCUT2D eigenvalue weighted by Crippen LogP contribution is -1.96. The molecule has 1 atom stereocenters. The lowest BCUT2D eigenvalue weighted by atomic mass is 10.1. The van der Waals surface area contributed by atoms with E-state index in [0.29, 0.717) is 5.33 Å². The van der Waals surface area contributed by atoms with Crippen molar-refractivity contribution in [1.29, 1.82) is 0 Å². The second kappa shape index (κ2) is 3.52. The molecule has 2 N–H and O–H groups in total. The Morgan fingerprint density at radius 2 is 2.15 bits per heavy atom. The molecular weight excluding hydrogens is 230 g/mol. The summed E-state index contributed by atoms with van der Waals surface area (Å²) in [6.45, 7) is 0. The van der Waals surface area contributed by atoms with E-state index < -0.39 is 6.10 Å². The molecule has 2 aromatic rings. The van der Waals surface area contributed by atoms with Crippen molar-refractivity contribution in [2.24, 2.45) is 0 Å². The van der Waals surface area contributed by atoms with Gasteiger partial charge in [-0.15, -0.1) is 0 Å². The molecule has 0 saturated carbocycles. The van der Waals surface area contributed by atoms with Crippen LogP contribution in [0.15, 0.2) is 30.5 Å². The number of hydrogen-bond acceptors (Lipinski definition) is 1. The number of aliphatic hydroxyl groups excluding tert-OH is 1. The summed E-state index contributed by atoms with van der Waals surface area (Å²) in [7, 11) is 0. The Morgan fingerprint density at radius 1 is 1.38 bits per heavy atom. The first-order valence-corrected chi connectivity index (χ1v) is 5.25. The van der Waals surface area contributed by atoms with Gasteiger partial charge in [0.15, 0.2) is 0 Å². The third-order valence-electron chi connectivity index (χ3n) is 2.13. The first-order valence-electron chi connectivity index (χ1n) is 4.13. The molecule has 1 heterocycles. The van der Waals surface area contributed by atoms with Gasteiger partial charge in [0.2, 0.25) is 0 Å². The summed E-state index contributed by atoms with van der Waals surface area (Å²) in [4.78, 5) is 3.12. The Labute approximate surface area is 84.7 Å². The lowest BCUT2D eigenvalue weighted by molar-refractivity contribution is 0.207. The third-order valence-corrected chi connectivity index (χ3v) is 2.74. The van der Waals surface area contributed by atoms with Crippen LogP contribution in [0.4, 0.5) is 0 Å². The molecule has 0 aliphatic heterocycles. The van der Waals surface area contributed by atoms with Crippen LogP contribution >= 0.6 is 15.9 Å². The van der Waals surface area contributed by atoms with Crippen LogP contribution in [0.5, 0.6) is 0 Å². The number of nitrogens with one attached hydrogen (secondary N) is 1. The molecule has 0 spiro atoms. The number of alkyl halides is 1. The minimum Gasteiger partial charge on any atom is -0.387 e. The normalized spacial score (nSPS) is 13.4. The number of H-pyrrole nitrogens is 1. The molecular formula is C10H10BrNO. The largest absolute Gasteiger partial charge is 0.387 e. The predicted octanol–water partition coefficient (Wildman–Crippen LogP) is 2.60. The number of benzene rings is 1. The van der Waals surface area contributed by atoms with E-state index >= 15 is 0 Å². The summed E-state index contributed by atoms with van der Waals surface area (Å²) in [6, 6.07) is 7.95. The molecule has 0 amide bonds. The third kappa shape index (κ3) is 1.49. The molecule has 0 fully saturated rings. The number of aromatic amines is 1. The molecule has 3 heteroatoms. The number of aromatic nitrogens is 1. The fraction of sp³-hybridized carbons (Fsp3) is 0.200. The van der Waals surface area contributed by atoms with Crippen molar-refractivity contribution < 1.29 is 5.11 Å². The number of hydrogen-bond donors (Lipinski definition) is 2. The van der Waals surface area contributed by atoms with Crippen molar-refractivity contribution in [1.82, 2.24) is 4.98 Å². The zero-order valence-corrected chi connectivity index (χ0v) is 8.58. The Bertz CT molecular complexity index is 410. The van der Waals surface area contributed by atoms with E-state index in [0.717, 1.165) is 16.5 Å². The molecule has 0 saturated heterocycles. The topological polar surface area (TPSA) is 36.0 Å². The highest BCUT2D eigenvalue weighted by atomic mass is 79.9. The van der Waals surface area contributed by atoms with Gasteiger partial charge < -0.3 is 10.1 Å². The van der Waals surface area contributed by atoms with Gasteiger partial charge in [-0.3, -0.25) is 0 Å². The van der Waals surface area contributed by atoms with Gasteiger partial charge in [-0.2, -0.15) is 0 Å². The van der Waals surface area contributed by atoms with Gasteiger partial charge in [0.05, 0.1) is 6.10 Å². The lowest BCUT2D eigenvalue weighted by Gasteiger charge is -2.03. The van der Waals surface area contributed by atoms with Gasteiger partial charge in [0.1, 0.15) is 0 Å². The highest BCUT2D eigenvalue weighted by Crippen LogP contribution is 2.24. The van der Waals surface area contributed by atoms with Crippen molar-refractivity contribution in [2.75, 3.05) is 5.33 Å². The predicted molar refractivity (Wildman–Crippen MR) is 57.1 cm³/mol. The molecule has 68 valence electrons. The van der Waals surface area contributed by atoms with Crippen LogP contribution in [0.2, 0.25) is 0 Å². The fourth-order valence-electron chi connectivity index (χ4n) is 1.45. The maximum absolute atomic E-state index is 9.65. The van der Waals surface area contributed by atoms with Crippen LogP contribution in [-0.4, -0.2) is 15.4 Å². The van der Waals surface area contributed by atoms with Gasteiger partial charge in [-0.05, 0) is 6.07 Å². The summed E-state index contributed by atoms with van der Waals surface area (Å²) >= 11 is 3.26. The molecule has 0 radical (unpaired) electrons. The van der Waals surface area contributed by atoms with Crippen LogP contribution in [0, 0.1) is 0 Å². The first-order chi connectivity index (χ1) is 6.33. The van der Waals surface area contributed by atoms with Crippen LogP contribution in [0.25, 0.3) is 10.9 Å². The van der Waals surface area contributed by atoms with Crippen molar-refractivity contribution in [3.05, 3.63) is 36.0 Å². The molecule has 0 aliphatic carbocycles. The Kier molecular flexibility index (Phi) is 2.38. The van der Waals surface area contributed by atoms with E-state index in [2.05, 4.69) is 20.9 Å². The van der Waals surface area contributed by atoms with Crippen LogP contribution in [0.3, 0.4) is 0 Å². The Hall–Kier alpha value is -0.800. The van der Waals surface area contributed by atoms with Crippen LogP contribution in [-0.2, 0) is 0 Å². The van der Waals surface area contributed by atoms with Gasteiger partial charge >= 0.3 is 0 Å². The Balaban J connectivity index is 2.57. The van der Waals surface area contributed by atoms with Crippen molar-refractivity contribution in [3.8, 4) is 0 Å². The van der Waals surface area contributed by atoms with Crippen molar-refractivity contribution in [2.45, 2.75) is 6.10 Å². The summed E-state index contributed by atoms with van der Waals surface area (Å²) in [5.74, 6) is 0. The average molecular weight is 240 g/mol. The molecule has 2 rings (SSSR count). The molecule has 2 nitrogen and oxygen atoms in total. The maximum atomic E-state index is 9.65. The summed E-state index contributed by atoms with van der Waals surface area (Å²) in [5.41, 5.74) is 2.02. The van der Waals surface area contributed by atoms with E-state index in [9.17, 15) is 5.11 Å². The zero-order valence-electron chi connectivity index (χ0n) is 7.00. The number of rotatable bonds is 2. The highest BCUT2D eigenvalue weighted by molar-refractivity contribution is 9.09. The van der Waals surface area contributed by atoms with E-state index in [4.69, 9.17) is 0 Å². The van der Waals surface area contributed by atoms with Crippen LogP contribution in [0.1, 0.15) is 11.7 Å². The quantitative estimate of drug-likeness (QED) is 0.777. The first kappa shape index (κ1) is 8.78. The molecule has 13 heavy (non-hydrogen) atoms. The minimum atomic E-state index is -0.434. The maximum Gasteiger partial charge on any atom is 0.0907 e. The van der Waals surface area contributed by atoms with Gasteiger partial charge in [0.25, 0.3) is 0 Å². The fourth-order valence-corrected chi connectivity index (χ4v) is 1.80. The number of para-hydroxylation sites is 1. The zero-order chi connectivity index (χ0) is 9.26. The van der Waals surface area contributed by atoms with E-state index in [1.54, 1.807) is 0 Å². The average Bonchev–Trinajstić information content (AvgIpc) is 2.60. The summed E-state index contributed by atoms with van der Waals surface area (Å²) in [5, 5.41) is 11.3. The Morgan fingerprint density at radius 3 is 2.92 bits per heavy atom. The SMILES string of the molecule is OC(CBr)c1c[nH]c2ccccc12. The smallest absolute Gasteiger partial charge is 0.0907 e. The molecule has 0 bridgehead atoms. The molecule has 0 aliphatic rings.